The van der Waals surface area contributed by atoms with Crippen molar-refractivity contribution in [3.05, 3.63) is 34.9 Å². The number of amides is 2. The quantitative estimate of drug-likeness (QED) is 0.898. The van der Waals surface area contributed by atoms with Crippen LogP contribution in [0.1, 0.15) is 24.8 Å². The number of hydrogen-bond acceptors (Lipinski definition) is 3. The van der Waals surface area contributed by atoms with Gasteiger partial charge in [-0.3, -0.25) is 4.79 Å². The first-order chi connectivity index (χ1) is 11.1. The van der Waals surface area contributed by atoms with Gasteiger partial charge in [0.2, 0.25) is 0 Å². The van der Waals surface area contributed by atoms with Crippen molar-refractivity contribution in [2.45, 2.75) is 25.7 Å². The van der Waals surface area contributed by atoms with Crippen LogP contribution in [0.5, 0.6) is 0 Å². The van der Waals surface area contributed by atoms with E-state index in [0.29, 0.717) is 19.0 Å². The molecule has 6 heteroatoms. The normalized spacial score (nSPS) is 15.3. The summed E-state index contributed by atoms with van der Waals surface area (Å²) in [6.07, 6.45) is 3.70. The Morgan fingerprint density at radius 1 is 1.26 bits per heavy atom. The number of aryl methyl sites for hydroxylation is 1. The average Bonchev–Trinajstić information content (AvgIpc) is 2.59. The second-order valence-corrected chi connectivity index (χ2v) is 6.26. The van der Waals surface area contributed by atoms with Crippen molar-refractivity contribution < 1.29 is 14.3 Å². The molecule has 0 aromatic heterocycles. The van der Waals surface area contributed by atoms with Crippen molar-refractivity contribution in [3.8, 4) is 0 Å². The summed E-state index contributed by atoms with van der Waals surface area (Å²) in [5, 5.41) is 3.18. The summed E-state index contributed by atoms with van der Waals surface area (Å²) < 4.78 is 4.97. The summed E-state index contributed by atoms with van der Waals surface area (Å²) >= 11 is 5.89. The number of halogens is 1. The van der Waals surface area contributed by atoms with Gasteiger partial charge in [-0.15, -0.1) is 0 Å². The third kappa shape index (κ3) is 5.75. The number of benzene rings is 1. The molecule has 0 unspecified atom stereocenters. The molecule has 1 aliphatic rings. The second kappa shape index (κ2) is 8.77. The molecule has 1 saturated heterocycles. The lowest BCUT2D eigenvalue weighted by Gasteiger charge is -2.31. The topological polar surface area (TPSA) is 58.6 Å². The van der Waals surface area contributed by atoms with E-state index in [4.69, 9.17) is 16.3 Å². The van der Waals surface area contributed by atoms with Crippen LogP contribution in [0, 0.1) is 5.92 Å². The third-order valence-corrected chi connectivity index (χ3v) is 4.48. The highest BCUT2D eigenvalue weighted by molar-refractivity contribution is 6.30. The van der Waals surface area contributed by atoms with E-state index in [1.807, 2.05) is 12.1 Å². The van der Waals surface area contributed by atoms with Crippen LogP contribution in [-0.4, -0.2) is 43.6 Å². The highest BCUT2D eigenvalue weighted by Gasteiger charge is 2.23. The maximum absolute atomic E-state index is 11.8. The third-order valence-electron chi connectivity index (χ3n) is 4.23. The highest BCUT2D eigenvalue weighted by atomic mass is 35.5. The van der Waals surface area contributed by atoms with Crippen LogP contribution in [0.25, 0.3) is 0 Å². The van der Waals surface area contributed by atoms with Gasteiger partial charge in [0.1, 0.15) is 0 Å². The molecule has 2 amide bonds. The summed E-state index contributed by atoms with van der Waals surface area (Å²) in [4.78, 5) is 24.6. The SMILES string of the molecule is CNC(=O)COC(=O)N1CCC(CCc2ccc(Cl)cc2)CC1. The lowest BCUT2D eigenvalue weighted by molar-refractivity contribution is -0.123. The monoisotopic (exact) mass is 338 g/mol. The number of hydrogen-bond donors (Lipinski definition) is 1. The Balaban J connectivity index is 1.68. The lowest BCUT2D eigenvalue weighted by atomic mass is 9.91. The number of rotatable bonds is 5. The van der Waals surface area contributed by atoms with Crippen LogP contribution in [0.2, 0.25) is 5.02 Å². The first kappa shape index (κ1) is 17.6. The second-order valence-electron chi connectivity index (χ2n) is 5.82. The van der Waals surface area contributed by atoms with Gasteiger partial charge in [0.05, 0.1) is 0 Å². The molecule has 1 fully saturated rings. The van der Waals surface area contributed by atoms with Crippen LogP contribution in [-0.2, 0) is 16.0 Å². The summed E-state index contributed by atoms with van der Waals surface area (Å²) in [5.74, 6) is 0.324. The van der Waals surface area contributed by atoms with Gasteiger partial charge in [0, 0.05) is 25.2 Å². The van der Waals surface area contributed by atoms with E-state index in [0.717, 1.165) is 30.7 Å². The predicted octanol–water partition coefficient (Wildman–Crippen LogP) is 2.87. The molecule has 0 bridgehead atoms. The van der Waals surface area contributed by atoms with Crippen LogP contribution in [0.4, 0.5) is 4.79 Å². The van der Waals surface area contributed by atoms with Crippen molar-refractivity contribution in [1.82, 2.24) is 10.2 Å². The molecule has 5 nitrogen and oxygen atoms in total. The van der Waals surface area contributed by atoms with Gasteiger partial charge in [-0.05, 0) is 49.3 Å². The van der Waals surface area contributed by atoms with Crippen molar-refractivity contribution in [1.29, 1.82) is 0 Å². The van der Waals surface area contributed by atoms with E-state index in [1.165, 1.54) is 12.6 Å². The molecule has 2 rings (SSSR count). The zero-order valence-corrected chi connectivity index (χ0v) is 14.1. The summed E-state index contributed by atoms with van der Waals surface area (Å²) in [6.45, 7) is 1.17. The minimum Gasteiger partial charge on any atom is -0.439 e. The molecule has 0 aliphatic carbocycles. The van der Waals surface area contributed by atoms with E-state index >= 15 is 0 Å². The van der Waals surface area contributed by atoms with E-state index < -0.39 is 6.09 Å². The fraction of sp³-hybridized carbons (Fsp3) is 0.529. The number of carbonyl (C=O) groups is 2. The average molecular weight is 339 g/mol. The molecular formula is C17H23ClN2O3. The van der Waals surface area contributed by atoms with Gasteiger partial charge < -0.3 is 15.0 Å². The number of piperidine rings is 1. The molecular weight excluding hydrogens is 316 g/mol. The molecule has 1 heterocycles. The van der Waals surface area contributed by atoms with Gasteiger partial charge in [-0.2, -0.15) is 0 Å². The molecule has 0 atom stereocenters. The molecule has 0 saturated carbocycles. The predicted molar refractivity (Wildman–Crippen MR) is 89.5 cm³/mol. The molecule has 1 aliphatic heterocycles. The number of likely N-dealkylation sites (N-methyl/N-ethyl adjacent to an activating group) is 1. The molecule has 1 aromatic rings. The van der Waals surface area contributed by atoms with Crippen molar-refractivity contribution in [2.75, 3.05) is 26.7 Å². The standard InChI is InChI=1S/C17H23ClN2O3/c1-19-16(21)12-23-17(22)20-10-8-14(9-11-20)3-2-13-4-6-15(18)7-5-13/h4-7,14H,2-3,8-12H2,1H3,(H,19,21). The Morgan fingerprint density at radius 3 is 2.52 bits per heavy atom. The molecule has 0 spiro atoms. The fourth-order valence-electron chi connectivity index (χ4n) is 2.72. The largest absolute Gasteiger partial charge is 0.439 e. The Hall–Kier alpha value is -1.75. The number of carbonyl (C=O) groups excluding carboxylic acids is 2. The van der Waals surface area contributed by atoms with Gasteiger partial charge in [-0.25, -0.2) is 4.79 Å². The maximum Gasteiger partial charge on any atom is 0.410 e. The van der Waals surface area contributed by atoms with Crippen LogP contribution >= 0.6 is 11.6 Å². The van der Waals surface area contributed by atoms with Crippen molar-refractivity contribution in [2.24, 2.45) is 5.92 Å². The molecule has 1 aromatic carbocycles. The molecule has 1 N–H and O–H groups in total. The van der Waals surface area contributed by atoms with E-state index in [-0.39, 0.29) is 12.5 Å². The van der Waals surface area contributed by atoms with Crippen molar-refractivity contribution in [3.63, 3.8) is 0 Å². The zero-order valence-electron chi connectivity index (χ0n) is 13.4. The number of nitrogens with zero attached hydrogens (tertiary/aromatic N) is 1. The first-order valence-corrected chi connectivity index (χ1v) is 8.33. The number of nitrogens with one attached hydrogen (secondary N) is 1. The van der Waals surface area contributed by atoms with Crippen LogP contribution in [0.15, 0.2) is 24.3 Å². The Bertz CT molecular complexity index is 525. The lowest BCUT2D eigenvalue weighted by Crippen LogP contribution is -2.40. The van der Waals surface area contributed by atoms with Gasteiger partial charge in [0.15, 0.2) is 6.61 Å². The van der Waals surface area contributed by atoms with E-state index in [9.17, 15) is 9.59 Å². The van der Waals surface area contributed by atoms with E-state index in [2.05, 4.69) is 17.4 Å². The maximum atomic E-state index is 11.8. The van der Waals surface area contributed by atoms with E-state index in [1.54, 1.807) is 4.90 Å². The fourth-order valence-corrected chi connectivity index (χ4v) is 2.84. The molecule has 0 radical (unpaired) electrons. The summed E-state index contributed by atoms with van der Waals surface area (Å²) in [7, 11) is 1.52. The first-order valence-electron chi connectivity index (χ1n) is 7.95. The Kier molecular flexibility index (Phi) is 6.71. The molecule has 23 heavy (non-hydrogen) atoms. The van der Waals surface area contributed by atoms with Crippen LogP contribution in [0.3, 0.4) is 0 Å². The summed E-state index contributed by atoms with van der Waals surface area (Å²) in [5.41, 5.74) is 1.29. The number of likely N-dealkylation sites (tertiary alicyclic amines) is 1. The van der Waals surface area contributed by atoms with Gasteiger partial charge >= 0.3 is 6.09 Å². The Morgan fingerprint density at radius 2 is 1.91 bits per heavy atom. The van der Waals surface area contributed by atoms with Crippen molar-refractivity contribution >= 4 is 23.6 Å². The molecule has 126 valence electrons. The minimum atomic E-state index is -0.398. The minimum absolute atomic E-state index is 0.216. The van der Waals surface area contributed by atoms with Gasteiger partial charge in [-0.1, -0.05) is 23.7 Å². The smallest absolute Gasteiger partial charge is 0.410 e. The summed E-state index contributed by atoms with van der Waals surface area (Å²) in [6, 6.07) is 7.96. The van der Waals surface area contributed by atoms with Crippen LogP contribution < -0.4 is 5.32 Å². The number of ether oxygens (including phenoxy) is 1. The highest BCUT2D eigenvalue weighted by Crippen LogP contribution is 2.23. The Labute approximate surface area is 141 Å². The zero-order chi connectivity index (χ0) is 16.7. The van der Waals surface area contributed by atoms with Gasteiger partial charge in [0.25, 0.3) is 5.91 Å².